The number of hydrogen-bond acceptors (Lipinski definition) is 2. The van der Waals surface area contributed by atoms with Crippen LogP contribution in [-0.2, 0) is 4.89 Å². The molecule has 0 saturated carbocycles. The maximum Gasteiger partial charge on any atom is 0.165 e. The molecule has 16 heavy (non-hydrogen) atoms. The molecule has 1 rings (SSSR count). The Labute approximate surface area is 98.5 Å². The molecule has 0 atom stereocenters. The fourth-order valence-corrected chi connectivity index (χ4v) is 1.15. The van der Waals surface area contributed by atoms with Gasteiger partial charge in [0.05, 0.1) is 0 Å². The van der Waals surface area contributed by atoms with E-state index in [1.165, 1.54) is 5.56 Å². The first-order valence-corrected chi connectivity index (χ1v) is 5.90. The van der Waals surface area contributed by atoms with E-state index in [1.54, 1.807) is 0 Å². The Morgan fingerprint density at radius 2 is 1.94 bits per heavy atom. The summed E-state index contributed by atoms with van der Waals surface area (Å²) >= 11 is 0. The van der Waals surface area contributed by atoms with Crippen LogP contribution in [0.25, 0.3) is 0 Å². The minimum absolute atomic E-state index is 0.242. The van der Waals surface area contributed by atoms with Gasteiger partial charge in [0.15, 0.2) is 5.75 Å². The highest BCUT2D eigenvalue weighted by molar-refractivity contribution is 5.29. The summed E-state index contributed by atoms with van der Waals surface area (Å²) in [6.45, 7) is 10.4. The largest absolute Gasteiger partial charge is 0.337 e. The zero-order chi connectivity index (χ0) is 12.2. The number of rotatable bonds is 5. The minimum Gasteiger partial charge on any atom is -0.337 e. The predicted molar refractivity (Wildman–Crippen MR) is 66.6 cm³/mol. The third-order valence-electron chi connectivity index (χ3n) is 2.74. The van der Waals surface area contributed by atoms with Crippen molar-refractivity contribution >= 4 is 0 Å². The van der Waals surface area contributed by atoms with E-state index in [9.17, 15) is 0 Å². The maximum atomic E-state index is 5.40. The van der Waals surface area contributed by atoms with Crippen molar-refractivity contribution in [1.82, 2.24) is 0 Å². The smallest absolute Gasteiger partial charge is 0.165 e. The van der Waals surface area contributed by atoms with E-state index in [4.69, 9.17) is 9.78 Å². The molecule has 0 saturated heterocycles. The van der Waals surface area contributed by atoms with E-state index < -0.39 is 0 Å². The van der Waals surface area contributed by atoms with Crippen LogP contribution in [0, 0.1) is 0 Å². The van der Waals surface area contributed by atoms with E-state index in [1.807, 2.05) is 32.0 Å². The fourth-order valence-electron chi connectivity index (χ4n) is 1.15. The van der Waals surface area contributed by atoms with Crippen LogP contribution in [0.1, 0.15) is 52.5 Å². The SMILES string of the molecule is CCC(C)(C)OOc1cccc(C(C)C)c1. The highest BCUT2D eigenvalue weighted by atomic mass is 17.2. The molecule has 0 radical (unpaired) electrons. The molecule has 90 valence electrons. The van der Waals surface area contributed by atoms with Gasteiger partial charge in [0.2, 0.25) is 0 Å². The van der Waals surface area contributed by atoms with Crippen LogP contribution in [0.4, 0.5) is 0 Å². The molecule has 0 aliphatic carbocycles. The van der Waals surface area contributed by atoms with Gasteiger partial charge in [-0.2, -0.15) is 4.89 Å². The second-order valence-electron chi connectivity index (χ2n) is 5.01. The Bertz CT molecular complexity index is 329. The Morgan fingerprint density at radius 1 is 1.25 bits per heavy atom. The van der Waals surface area contributed by atoms with Crippen LogP contribution < -0.4 is 4.89 Å². The van der Waals surface area contributed by atoms with Crippen molar-refractivity contribution in [3.05, 3.63) is 29.8 Å². The molecule has 0 spiro atoms. The monoisotopic (exact) mass is 222 g/mol. The molecule has 0 bridgehead atoms. The Morgan fingerprint density at radius 3 is 2.50 bits per heavy atom. The summed E-state index contributed by atoms with van der Waals surface area (Å²) in [5.74, 6) is 1.27. The Balaban J connectivity index is 2.64. The molecule has 0 heterocycles. The molecule has 0 fully saturated rings. The molecule has 1 aromatic rings. The highest BCUT2D eigenvalue weighted by Crippen LogP contribution is 2.22. The molecule has 0 unspecified atom stereocenters. The molecule has 2 nitrogen and oxygen atoms in total. The Kier molecular flexibility index (Phi) is 4.36. The molecule has 0 aliphatic rings. The maximum absolute atomic E-state index is 5.40. The first kappa shape index (κ1) is 13.0. The first-order chi connectivity index (χ1) is 7.44. The van der Waals surface area contributed by atoms with Crippen LogP contribution in [0.15, 0.2) is 24.3 Å². The summed E-state index contributed by atoms with van der Waals surface area (Å²) < 4.78 is 0. The van der Waals surface area contributed by atoms with Gasteiger partial charge in [0.25, 0.3) is 0 Å². The summed E-state index contributed by atoms with van der Waals surface area (Å²) in [5.41, 5.74) is 1.02. The molecule has 0 aromatic heterocycles. The van der Waals surface area contributed by atoms with E-state index in [0.29, 0.717) is 5.92 Å². The fraction of sp³-hybridized carbons (Fsp3) is 0.571. The zero-order valence-electron chi connectivity index (χ0n) is 10.9. The van der Waals surface area contributed by atoms with E-state index in [0.717, 1.165) is 12.2 Å². The summed E-state index contributed by atoms with van der Waals surface area (Å²) in [6.07, 6.45) is 0.914. The molecular weight excluding hydrogens is 200 g/mol. The van der Waals surface area contributed by atoms with Gasteiger partial charge >= 0.3 is 0 Å². The predicted octanol–water partition coefficient (Wildman–Crippen LogP) is 4.31. The van der Waals surface area contributed by atoms with E-state index in [-0.39, 0.29) is 5.60 Å². The van der Waals surface area contributed by atoms with Gasteiger partial charge in [0, 0.05) is 0 Å². The molecule has 0 amide bonds. The third-order valence-corrected chi connectivity index (χ3v) is 2.74. The lowest BCUT2D eigenvalue weighted by Gasteiger charge is -2.21. The van der Waals surface area contributed by atoms with Crippen LogP contribution in [-0.4, -0.2) is 5.60 Å². The Hall–Kier alpha value is -1.02. The molecular formula is C14H22O2. The van der Waals surface area contributed by atoms with E-state index >= 15 is 0 Å². The second-order valence-corrected chi connectivity index (χ2v) is 5.01. The van der Waals surface area contributed by atoms with Crippen molar-refractivity contribution in [2.24, 2.45) is 0 Å². The molecule has 2 heteroatoms. The molecule has 0 aliphatic heterocycles. The standard InChI is InChI=1S/C14H22O2/c1-6-14(4,5)16-15-13-9-7-8-12(10-13)11(2)3/h7-11H,6H2,1-5H3. The van der Waals surface area contributed by atoms with Crippen molar-refractivity contribution in [3.8, 4) is 5.75 Å². The number of benzene rings is 1. The average molecular weight is 222 g/mol. The minimum atomic E-state index is -0.242. The van der Waals surface area contributed by atoms with Crippen LogP contribution in [0.2, 0.25) is 0 Å². The lowest BCUT2D eigenvalue weighted by Crippen LogP contribution is -2.24. The summed E-state index contributed by atoms with van der Waals surface area (Å²) in [6, 6.07) is 8.03. The van der Waals surface area contributed by atoms with Crippen molar-refractivity contribution in [3.63, 3.8) is 0 Å². The lowest BCUT2D eigenvalue weighted by molar-refractivity contribution is -0.281. The zero-order valence-corrected chi connectivity index (χ0v) is 10.9. The van der Waals surface area contributed by atoms with Crippen molar-refractivity contribution < 1.29 is 9.78 Å². The number of hydrogen-bond donors (Lipinski definition) is 0. The van der Waals surface area contributed by atoms with E-state index in [2.05, 4.69) is 26.8 Å². The normalized spacial score (nSPS) is 11.9. The van der Waals surface area contributed by atoms with Crippen LogP contribution in [0.3, 0.4) is 0 Å². The van der Waals surface area contributed by atoms with Gasteiger partial charge in [0.1, 0.15) is 5.60 Å². The lowest BCUT2D eigenvalue weighted by atomic mass is 10.0. The van der Waals surface area contributed by atoms with Gasteiger partial charge in [-0.1, -0.05) is 32.9 Å². The summed E-state index contributed by atoms with van der Waals surface area (Å²) in [7, 11) is 0. The second kappa shape index (κ2) is 5.35. The van der Waals surface area contributed by atoms with Crippen LogP contribution >= 0.6 is 0 Å². The van der Waals surface area contributed by atoms with Gasteiger partial charge < -0.3 is 4.89 Å². The summed E-state index contributed by atoms with van der Waals surface area (Å²) in [4.78, 5) is 10.8. The van der Waals surface area contributed by atoms with Gasteiger partial charge in [-0.05, 0) is 43.9 Å². The van der Waals surface area contributed by atoms with Crippen LogP contribution in [0.5, 0.6) is 5.75 Å². The van der Waals surface area contributed by atoms with Gasteiger partial charge in [-0.25, -0.2) is 0 Å². The average Bonchev–Trinajstić information content (AvgIpc) is 2.27. The van der Waals surface area contributed by atoms with Crippen molar-refractivity contribution in [1.29, 1.82) is 0 Å². The highest BCUT2D eigenvalue weighted by Gasteiger charge is 2.17. The van der Waals surface area contributed by atoms with Crippen molar-refractivity contribution in [2.75, 3.05) is 0 Å². The van der Waals surface area contributed by atoms with Gasteiger partial charge in [-0.15, -0.1) is 0 Å². The molecule has 0 N–H and O–H groups in total. The van der Waals surface area contributed by atoms with Crippen molar-refractivity contribution in [2.45, 2.75) is 52.6 Å². The molecule has 1 aromatic carbocycles. The quantitative estimate of drug-likeness (QED) is 0.546. The summed E-state index contributed by atoms with van der Waals surface area (Å²) in [5, 5.41) is 0. The van der Waals surface area contributed by atoms with Gasteiger partial charge in [-0.3, -0.25) is 0 Å². The topological polar surface area (TPSA) is 18.5 Å². The first-order valence-electron chi connectivity index (χ1n) is 5.90. The third kappa shape index (κ3) is 3.86.